The van der Waals surface area contributed by atoms with Gasteiger partial charge in [-0.2, -0.15) is 0 Å². The standard InChI is InChI=1S/C10H18O2/c1-9(11)7-5-3-4-6-8-10(2)12/h3-6,9-12H,7-8H2,1-2H3/b5-3+,6-4+. The maximum atomic E-state index is 8.88. The normalized spacial score (nSPS) is 17.3. The SMILES string of the molecule is CC(O)C/C=C/C=C/CC(C)O. The van der Waals surface area contributed by atoms with Gasteiger partial charge < -0.3 is 10.2 Å². The van der Waals surface area contributed by atoms with Gasteiger partial charge in [0.25, 0.3) is 0 Å². The van der Waals surface area contributed by atoms with E-state index in [0.717, 1.165) is 0 Å². The maximum Gasteiger partial charge on any atom is 0.0546 e. The van der Waals surface area contributed by atoms with Gasteiger partial charge in [0, 0.05) is 0 Å². The Kier molecular flexibility index (Phi) is 6.72. The molecule has 0 aliphatic rings. The summed E-state index contributed by atoms with van der Waals surface area (Å²) < 4.78 is 0. The summed E-state index contributed by atoms with van der Waals surface area (Å²) in [4.78, 5) is 0. The third-order valence-corrected chi connectivity index (χ3v) is 1.34. The van der Waals surface area contributed by atoms with Crippen molar-refractivity contribution >= 4 is 0 Å². The van der Waals surface area contributed by atoms with E-state index in [0.29, 0.717) is 12.8 Å². The molecule has 0 heterocycles. The molecule has 0 rings (SSSR count). The second-order valence-electron chi connectivity index (χ2n) is 3.03. The predicted molar refractivity (Wildman–Crippen MR) is 50.9 cm³/mol. The Hall–Kier alpha value is -0.600. The van der Waals surface area contributed by atoms with Crippen molar-refractivity contribution in [1.82, 2.24) is 0 Å². The molecular formula is C10H18O2. The molecule has 12 heavy (non-hydrogen) atoms. The molecule has 0 aromatic carbocycles. The number of aliphatic hydroxyl groups excluding tert-OH is 2. The number of allylic oxidation sites excluding steroid dienone is 2. The molecule has 0 aliphatic carbocycles. The molecule has 0 aromatic rings. The molecule has 0 spiro atoms. The van der Waals surface area contributed by atoms with Gasteiger partial charge in [-0.05, 0) is 26.7 Å². The topological polar surface area (TPSA) is 40.5 Å². The quantitative estimate of drug-likeness (QED) is 0.616. The Morgan fingerprint density at radius 3 is 1.50 bits per heavy atom. The zero-order valence-corrected chi connectivity index (χ0v) is 7.77. The summed E-state index contributed by atoms with van der Waals surface area (Å²) in [5.41, 5.74) is 0. The predicted octanol–water partition coefficient (Wildman–Crippen LogP) is 1.64. The molecule has 2 nitrogen and oxygen atoms in total. The zero-order chi connectivity index (χ0) is 9.40. The highest BCUT2D eigenvalue weighted by Gasteiger charge is 1.88. The summed E-state index contributed by atoms with van der Waals surface area (Å²) in [5, 5.41) is 17.8. The van der Waals surface area contributed by atoms with Crippen molar-refractivity contribution in [2.24, 2.45) is 0 Å². The molecular weight excluding hydrogens is 152 g/mol. The van der Waals surface area contributed by atoms with Crippen molar-refractivity contribution in [3.8, 4) is 0 Å². The Labute approximate surface area is 74.2 Å². The van der Waals surface area contributed by atoms with Crippen LogP contribution in [-0.4, -0.2) is 22.4 Å². The van der Waals surface area contributed by atoms with Gasteiger partial charge in [0.1, 0.15) is 0 Å². The number of hydrogen-bond donors (Lipinski definition) is 2. The first-order chi connectivity index (χ1) is 5.63. The van der Waals surface area contributed by atoms with Gasteiger partial charge in [0.15, 0.2) is 0 Å². The van der Waals surface area contributed by atoms with Gasteiger partial charge >= 0.3 is 0 Å². The van der Waals surface area contributed by atoms with Crippen LogP contribution in [0.5, 0.6) is 0 Å². The van der Waals surface area contributed by atoms with Gasteiger partial charge in [0.2, 0.25) is 0 Å². The maximum absolute atomic E-state index is 8.88. The first-order valence-corrected chi connectivity index (χ1v) is 4.30. The highest BCUT2D eigenvalue weighted by molar-refractivity contribution is 5.02. The van der Waals surface area contributed by atoms with Crippen LogP contribution in [0.1, 0.15) is 26.7 Å². The lowest BCUT2D eigenvalue weighted by molar-refractivity contribution is 0.197. The number of aliphatic hydroxyl groups is 2. The molecule has 2 unspecified atom stereocenters. The molecule has 2 heteroatoms. The van der Waals surface area contributed by atoms with Crippen LogP contribution in [0.4, 0.5) is 0 Å². The van der Waals surface area contributed by atoms with E-state index >= 15 is 0 Å². The molecule has 0 radical (unpaired) electrons. The summed E-state index contributed by atoms with van der Waals surface area (Å²) >= 11 is 0. The van der Waals surface area contributed by atoms with Crippen molar-refractivity contribution < 1.29 is 10.2 Å². The lowest BCUT2D eigenvalue weighted by Crippen LogP contribution is -1.95. The van der Waals surface area contributed by atoms with Crippen molar-refractivity contribution in [3.63, 3.8) is 0 Å². The fourth-order valence-corrected chi connectivity index (χ4v) is 0.708. The molecule has 0 aliphatic heterocycles. The van der Waals surface area contributed by atoms with E-state index in [1.807, 2.05) is 24.3 Å². The van der Waals surface area contributed by atoms with Crippen LogP contribution in [0.15, 0.2) is 24.3 Å². The summed E-state index contributed by atoms with van der Waals surface area (Å²) in [6.07, 6.45) is 8.40. The van der Waals surface area contributed by atoms with Gasteiger partial charge in [-0.1, -0.05) is 24.3 Å². The average molecular weight is 170 g/mol. The van der Waals surface area contributed by atoms with Crippen molar-refractivity contribution in [2.45, 2.75) is 38.9 Å². The van der Waals surface area contributed by atoms with Crippen molar-refractivity contribution in [2.75, 3.05) is 0 Å². The van der Waals surface area contributed by atoms with Crippen LogP contribution in [-0.2, 0) is 0 Å². The van der Waals surface area contributed by atoms with E-state index in [1.165, 1.54) is 0 Å². The zero-order valence-electron chi connectivity index (χ0n) is 7.77. The lowest BCUT2D eigenvalue weighted by atomic mass is 10.2. The second kappa shape index (κ2) is 7.07. The Morgan fingerprint density at radius 1 is 0.917 bits per heavy atom. The van der Waals surface area contributed by atoms with E-state index < -0.39 is 0 Å². The van der Waals surface area contributed by atoms with Gasteiger partial charge in [-0.3, -0.25) is 0 Å². The van der Waals surface area contributed by atoms with E-state index in [1.54, 1.807) is 13.8 Å². The first-order valence-electron chi connectivity index (χ1n) is 4.30. The molecule has 0 fully saturated rings. The third kappa shape index (κ3) is 9.40. The average Bonchev–Trinajstić information content (AvgIpc) is 1.95. The summed E-state index contributed by atoms with van der Waals surface area (Å²) in [6.45, 7) is 3.51. The lowest BCUT2D eigenvalue weighted by Gasteiger charge is -1.95. The van der Waals surface area contributed by atoms with E-state index in [9.17, 15) is 0 Å². The molecule has 0 bridgehead atoms. The molecule has 0 amide bonds. The molecule has 70 valence electrons. The minimum atomic E-state index is -0.272. The second-order valence-corrected chi connectivity index (χ2v) is 3.03. The monoisotopic (exact) mass is 170 g/mol. The van der Waals surface area contributed by atoms with Crippen LogP contribution in [0.25, 0.3) is 0 Å². The fraction of sp³-hybridized carbons (Fsp3) is 0.600. The van der Waals surface area contributed by atoms with Gasteiger partial charge in [-0.25, -0.2) is 0 Å². The largest absolute Gasteiger partial charge is 0.393 e. The van der Waals surface area contributed by atoms with Gasteiger partial charge in [-0.15, -0.1) is 0 Å². The Bertz CT molecular complexity index is 128. The summed E-state index contributed by atoms with van der Waals surface area (Å²) in [5.74, 6) is 0. The Balaban J connectivity index is 3.39. The summed E-state index contributed by atoms with van der Waals surface area (Å²) in [7, 11) is 0. The molecule has 0 aromatic heterocycles. The molecule has 2 N–H and O–H groups in total. The Morgan fingerprint density at radius 2 is 1.25 bits per heavy atom. The van der Waals surface area contributed by atoms with E-state index in [-0.39, 0.29) is 12.2 Å². The highest BCUT2D eigenvalue weighted by atomic mass is 16.3. The van der Waals surface area contributed by atoms with E-state index in [4.69, 9.17) is 10.2 Å². The van der Waals surface area contributed by atoms with Crippen LogP contribution in [0.2, 0.25) is 0 Å². The third-order valence-electron chi connectivity index (χ3n) is 1.34. The van der Waals surface area contributed by atoms with Crippen molar-refractivity contribution in [3.05, 3.63) is 24.3 Å². The first kappa shape index (κ1) is 11.4. The van der Waals surface area contributed by atoms with E-state index in [2.05, 4.69) is 0 Å². The minimum Gasteiger partial charge on any atom is -0.393 e. The highest BCUT2D eigenvalue weighted by Crippen LogP contribution is 1.93. The van der Waals surface area contributed by atoms with Crippen molar-refractivity contribution in [1.29, 1.82) is 0 Å². The summed E-state index contributed by atoms with van der Waals surface area (Å²) in [6, 6.07) is 0. The molecule has 0 saturated heterocycles. The number of hydrogen-bond acceptors (Lipinski definition) is 2. The van der Waals surface area contributed by atoms with Crippen LogP contribution in [0, 0.1) is 0 Å². The molecule has 0 saturated carbocycles. The fourth-order valence-electron chi connectivity index (χ4n) is 0.708. The molecule has 2 atom stereocenters. The number of rotatable bonds is 5. The van der Waals surface area contributed by atoms with Gasteiger partial charge in [0.05, 0.1) is 12.2 Å². The van der Waals surface area contributed by atoms with Crippen LogP contribution in [0.3, 0.4) is 0 Å². The van der Waals surface area contributed by atoms with Crippen LogP contribution >= 0.6 is 0 Å². The van der Waals surface area contributed by atoms with Crippen LogP contribution < -0.4 is 0 Å². The smallest absolute Gasteiger partial charge is 0.0546 e. The minimum absolute atomic E-state index is 0.272.